The van der Waals surface area contributed by atoms with Crippen LogP contribution in [0.25, 0.3) is 21.9 Å². The van der Waals surface area contributed by atoms with Gasteiger partial charge in [-0.3, -0.25) is 9.78 Å². The number of benzene rings is 2. The average molecular weight is 302 g/mol. The van der Waals surface area contributed by atoms with Crippen molar-refractivity contribution < 1.29 is 9.21 Å². The highest BCUT2D eigenvalue weighted by atomic mass is 16.3. The van der Waals surface area contributed by atoms with Crippen molar-refractivity contribution in [3.63, 3.8) is 0 Å². The van der Waals surface area contributed by atoms with Crippen LogP contribution in [0.3, 0.4) is 0 Å². The molecule has 4 aromatic rings. The second-order valence-electron chi connectivity index (χ2n) is 5.39. The Morgan fingerprint density at radius 2 is 2.00 bits per heavy atom. The lowest BCUT2D eigenvalue weighted by molar-refractivity contribution is 0.0951. The maximum Gasteiger partial charge on any atom is 0.251 e. The summed E-state index contributed by atoms with van der Waals surface area (Å²) in [4.78, 5) is 16.6. The standard InChI is InChI=1S/C19H14N2O2/c22-19(16-5-6-17-15(11-16)2-1-8-20-17)21-12-13-3-4-14-7-9-23-18(14)10-13/h1-11H,12H2,(H,21,22). The average Bonchev–Trinajstić information content (AvgIpc) is 3.07. The number of furan rings is 1. The summed E-state index contributed by atoms with van der Waals surface area (Å²) in [6.07, 6.45) is 3.41. The van der Waals surface area contributed by atoms with Crippen LogP contribution in [0.15, 0.2) is 71.5 Å². The van der Waals surface area contributed by atoms with Gasteiger partial charge in [-0.1, -0.05) is 18.2 Å². The van der Waals surface area contributed by atoms with E-state index in [2.05, 4.69) is 10.3 Å². The summed E-state index contributed by atoms with van der Waals surface area (Å²) in [5.41, 5.74) is 3.34. The van der Waals surface area contributed by atoms with Crippen molar-refractivity contribution in [2.75, 3.05) is 0 Å². The normalized spacial score (nSPS) is 11.0. The Morgan fingerprint density at radius 3 is 2.96 bits per heavy atom. The molecule has 0 radical (unpaired) electrons. The van der Waals surface area contributed by atoms with E-state index in [4.69, 9.17) is 4.42 Å². The molecule has 0 aliphatic carbocycles. The van der Waals surface area contributed by atoms with Gasteiger partial charge >= 0.3 is 0 Å². The SMILES string of the molecule is O=C(NCc1ccc2ccoc2c1)c1ccc2ncccc2c1. The minimum atomic E-state index is -0.102. The number of pyridine rings is 1. The zero-order chi connectivity index (χ0) is 15.6. The first kappa shape index (κ1) is 13.5. The third-order valence-electron chi connectivity index (χ3n) is 3.84. The predicted octanol–water partition coefficient (Wildman–Crippen LogP) is 3.91. The molecular weight excluding hydrogens is 288 g/mol. The summed E-state index contributed by atoms with van der Waals surface area (Å²) in [5.74, 6) is -0.102. The molecule has 0 spiro atoms. The van der Waals surface area contributed by atoms with Crippen LogP contribution in [-0.2, 0) is 6.54 Å². The van der Waals surface area contributed by atoms with E-state index in [1.807, 2.05) is 48.5 Å². The minimum Gasteiger partial charge on any atom is -0.464 e. The van der Waals surface area contributed by atoms with Gasteiger partial charge in [0.25, 0.3) is 5.91 Å². The molecule has 4 rings (SSSR count). The van der Waals surface area contributed by atoms with Crippen molar-refractivity contribution in [2.45, 2.75) is 6.54 Å². The first-order valence-corrected chi connectivity index (χ1v) is 7.39. The summed E-state index contributed by atoms with van der Waals surface area (Å²) in [7, 11) is 0. The lowest BCUT2D eigenvalue weighted by atomic mass is 10.1. The molecule has 1 N–H and O–H groups in total. The number of rotatable bonds is 3. The molecule has 2 aromatic heterocycles. The van der Waals surface area contributed by atoms with Gasteiger partial charge < -0.3 is 9.73 Å². The van der Waals surface area contributed by atoms with Crippen molar-refractivity contribution >= 4 is 27.8 Å². The molecule has 2 heterocycles. The van der Waals surface area contributed by atoms with Crippen molar-refractivity contribution in [2.24, 2.45) is 0 Å². The van der Waals surface area contributed by atoms with E-state index < -0.39 is 0 Å². The summed E-state index contributed by atoms with van der Waals surface area (Å²) < 4.78 is 5.38. The fourth-order valence-corrected chi connectivity index (χ4v) is 2.61. The molecule has 0 aliphatic heterocycles. The monoisotopic (exact) mass is 302 g/mol. The van der Waals surface area contributed by atoms with E-state index >= 15 is 0 Å². The topological polar surface area (TPSA) is 55.1 Å². The number of carbonyl (C=O) groups is 1. The molecule has 0 bridgehead atoms. The zero-order valence-electron chi connectivity index (χ0n) is 12.3. The van der Waals surface area contributed by atoms with Crippen LogP contribution in [0.1, 0.15) is 15.9 Å². The molecule has 1 amide bonds. The van der Waals surface area contributed by atoms with Crippen LogP contribution in [0.5, 0.6) is 0 Å². The Kier molecular flexibility index (Phi) is 3.27. The van der Waals surface area contributed by atoms with Gasteiger partial charge in [-0.25, -0.2) is 0 Å². The molecule has 112 valence electrons. The van der Waals surface area contributed by atoms with Crippen LogP contribution >= 0.6 is 0 Å². The number of fused-ring (bicyclic) bond motifs is 2. The molecule has 4 heteroatoms. The summed E-state index contributed by atoms with van der Waals surface area (Å²) in [5, 5.41) is 4.95. The summed E-state index contributed by atoms with van der Waals surface area (Å²) >= 11 is 0. The lowest BCUT2D eigenvalue weighted by Gasteiger charge is -2.06. The largest absolute Gasteiger partial charge is 0.464 e. The zero-order valence-corrected chi connectivity index (χ0v) is 12.3. The second-order valence-corrected chi connectivity index (χ2v) is 5.39. The van der Waals surface area contributed by atoms with Crippen molar-refractivity contribution in [1.82, 2.24) is 10.3 Å². The number of aromatic nitrogens is 1. The smallest absolute Gasteiger partial charge is 0.251 e. The van der Waals surface area contributed by atoms with Gasteiger partial charge in [0.1, 0.15) is 5.58 Å². The first-order chi connectivity index (χ1) is 11.3. The Bertz CT molecular complexity index is 1000. The maximum atomic E-state index is 12.3. The molecule has 0 saturated heterocycles. The highest BCUT2D eigenvalue weighted by molar-refractivity contribution is 5.97. The molecule has 0 fully saturated rings. The summed E-state index contributed by atoms with van der Waals surface area (Å²) in [6.45, 7) is 0.459. The van der Waals surface area contributed by atoms with Crippen LogP contribution < -0.4 is 5.32 Å². The van der Waals surface area contributed by atoms with E-state index in [9.17, 15) is 4.79 Å². The van der Waals surface area contributed by atoms with E-state index in [1.54, 1.807) is 18.5 Å². The van der Waals surface area contributed by atoms with Gasteiger partial charge in [-0.2, -0.15) is 0 Å². The van der Waals surface area contributed by atoms with E-state index in [1.165, 1.54) is 0 Å². The van der Waals surface area contributed by atoms with Gasteiger partial charge in [0.05, 0.1) is 11.8 Å². The highest BCUT2D eigenvalue weighted by Gasteiger charge is 2.07. The highest BCUT2D eigenvalue weighted by Crippen LogP contribution is 2.17. The van der Waals surface area contributed by atoms with Gasteiger partial charge in [-0.05, 0) is 42.0 Å². The third-order valence-corrected chi connectivity index (χ3v) is 3.84. The minimum absolute atomic E-state index is 0.102. The Morgan fingerprint density at radius 1 is 1.04 bits per heavy atom. The van der Waals surface area contributed by atoms with Gasteiger partial charge in [0.2, 0.25) is 0 Å². The Hall–Kier alpha value is -3.14. The number of nitrogens with one attached hydrogen (secondary N) is 1. The Balaban J connectivity index is 1.51. The molecule has 0 atom stereocenters. The number of nitrogens with zero attached hydrogens (tertiary/aromatic N) is 1. The lowest BCUT2D eigenvalue weighted by Crippen LogP contribution is -2.22. The van der Waals surface area contributed by atoms with Crippen LogP contribution in [0, 0.1) is 0 Å². The van der Waals surface area contributed by atoms with Crippen molar-refractivity contribution in [1.29, 1.82) is 0 Å². The van der Waals surface area contributed by atoms with Crippen molar-refractivity contribution in [3.05, 3.63) is 78.2 Å². The van der Waals surface area contributed by atoms with Crippen LogP contribution in [0.4, 0.5) is 0 Å². The first-order valence-electron chi connectivity index (χ1n) is 7.39. The van der Waals surface area contributed by atoms with Crippen LogP contribution in [-0.4, -0.2) is 10.9 Å². The third kappa shape index (κ3) is 2.66. The predicted molar refractivity (Wildman–Crippen MR) is 89.1 cm³/mol. The molecular formula is C19H14N2O2. The maximum absolute atomic E-state index is 12.3. The molecule has 0 unspecified atom stereocenters. The molecule has 0 aliphatic rings. The molecule has 23 heavy (non-hydrogen) atoms. The van der Waals surface area contributed by atoms with Crippen molar-refractivity contribution in [3.8, 4) is 0 Å². The summed E-state index contributed by atoms with van der Waals surface area (Å²) in [6, 6.07) is 17.2. The van der Waals surface area contributed by atoms with Gasteiger partial charge in [-0.15, -0.1) is 0 Å². The quantitative estimate of drug-likeness (QED) is 0.624. The Labute approximate surface area is 132 Å². The van der Waals surface area contributed by atoms with Crippen LogP contribution in [0.2, 0.25) is 0 Å². The van der Waals surface area contributed by atoms with E-state index in [0.717, 1.165) is 27.4 Å². The van der Waals surface area contributed by atoms with E-state index in [-0.39, 0.29) is 5.91 Å². The fraction of sp³-hybridized carbons (Fsp3) is 0.0526. The number of amides is 1. The molecule has 2 aromatic carbocycles. The number of hydrogen-bond acceptors (Lipinski definition) is 3. The second kappa shape index (κ2) is 5.57. The number of hydrogen-bond donors (Lipinski definition) is 1. The fourth-order valence-electron chi connectivity index (χ4n) is 2.61. The molecule has 4 nitrogen and oxygen atoms in total. The molecule has 0 saturated carbocycles. The number of carbonyl (C=O) groups excluding carboxylic acids is 1. The van der Waals surface area contributed by atoms with Gasteiger partial charge in [0, 0.05) is 29.1 Å². The van der Waals surface area contributed by atoms with E-state index in [0.29, 0.717) is 12.1 Å². The van der Waals surface area contributed by atoms with Gasteiger partial charge in [0.15, 0.2) is 0 Å².